The Morgan fingerprint density at radius 1 is 1.43 bits per heavy atom. The Hall–Kier alpha value is -0.380. The van der Waals surface area contributed by atoms with Crippen molar-refractivity contribution in [2.24, 2.45) is 0 Å². The van der Waals surface area contributed by atoms with Gasteiger partial charge in [-0.3, -0.25) is 0 Å². The first-order valence-electron chi connectivity index (χ1n) is 4.68. The molecule has 0 fully saturated rings. The van der Waals surface area contributed by atoms with Gasteiger partial charge in [-0.1, -0.05) is 28.1 Å². The standard InChI is InChI=1S/C11H16BrNO/c1-13(2)7-6-11(14)9-4-3-5-10(12)8-9/h3-5,8,11,14H,6-7H2,1-2H3. The number of rotatable bonds is 4. The fraction of sp³-hybridized carbons (Fsp3) is 0.455. The van der Waals surface area contributed by atoms with Crippen LogP contribution in [0.5, 0.6) is 0 Å². The summed E-state index contributed by atoms with van der Waals surface area (Å²) in [6.07, 6.45) is 0.401. The highest BCUT2D eigenvalue weighted by Gasteiger charge is 2.07. The first-order valence-corrected chi connectivity index (χ1v) is 5.47. The molecule has 0 aliphatic rings. The second-order valence-corrected chi connectivity index (χ2v) is 4.58. The zero-order valence-electron chi connectivity index (χ0n) is 8.57. The third-order valence-electron chi connectivity index (χ3n) is 2.08. The predicted molar refractivity (Wildman–Crippen MR) is 62.3 cm³/mol. The fourth-order valence-corrected chi connectivity index (χ4v) is 1.68. The van der Waals surface area contributed by atoms with Crippen molar-refractivity contribution in [3.63, 3.8) is 0 Å². The van der Waals surface area contributed by atoms with E-state index in [9.17, 15) is 5.11 Å². The van der Waals surface area contributed by atoms with Crippen LogP contribution in [0.3, 0.4) is 0 Å². The molecule has 0 heterocycles. The average Bonchev–Trinajstić information content (AvgIpc) is 2.14. The highest BCUT2D eigenvalue weighted by molar-refractivity contribution is 9.10. The van der Waals surface area contributed by atoms with Crippen molar-refractivity contribution in [1.82, 2.24) is 4.90 Å². The predicted octanol–water partition coefficient (Wildman–Crippen LogP) is 2.43. The summed E-state index contributed by atoms with van der Waals surface area (Å²) in [5, 5.41) is 9.85. The molecule has 1 aromatic rings. The number of benzene rings is 1. The molecule has 0 aliphatic heterocycles. The van der Waals surface area contributed by atoms with Gasteiger partial charge in [-0.05, 0) is 38.2 Å². The minimum absolute atomic E-state index is 0.366. The van der Waals surface area contributed by atoms with Crippen LogP contribution < -0.4 is 0 Å². The zero-order valence-corrected chi connectivity index (χ0v) is 10.2. The third-order valence-corrected chi connectivity index (χ3v) is 2.58. The molecule has 0 radical (unpaired) electrons. The summed E-state index contributed by atoms with van der Waals surface area (Å²) in [7, 11) is 4.02. The molecule has 0 saturated carbocycles. The summed E-state index contributed by atoms with van der Waals surface area (Å²) in [5.41, 5.74) is 0.973. The van der Waals surface area contributed by atoms with Gasteiger partial charge in [-0.15, -0.1) is 0 Å². The number of nitrogens with zero attached hydrogens (tertiary/aromatic N) is 1. The van der Waals surface area contributed by atoms with Crippen molar-refractivity contribution in [3.05, 3.63) is 34.3 Å². The minimum atomic E-state index is -0.366. The Morgan fingerprint density at radius 3 is 2.71 bits per heavy atom. The number of aliphatic hydroxyl groups excluding tert-OH is 1. The van der Waals surface area contributed by atoms with E-state index < -0.39 is 0 Å². The quantitative estimate of drug-likeness (QED) is 0.896. The molecule has 3 heteroatoms. The van der Waals surface area contributed by atoms with Crippen LogP contribution in [0.25, 0.3) is 0 Å². The van der Waals surface area contributed by atoms with Gasteiger partial charge in [0.2, 0.25) is 0 Å². The molecule has 0 saturated heterocycles. The van der Waals surface area contributed by atoms with E-state index in [1.54, 1.807) is 0 Å². The van der Waals surface area contributed by atoms with Gasteiger partial charge in [0.05, 0.1) is 6.10 Å². The van der Waals surface area contributed by atoms with E-state index in [0.717, 1.165) is 23.0 Å². The summed E-state index contributed by atoms with van der Waals surface area (Å²) < 4.78 is 1.01. The Bertz CT molecular complexity index is 288. The molecule has 0 bridgehead atoms. The molecule has 2 nitrogen and oxygen atoms in total. The molecular weight excluding hydrogens is 242 g/mol. The van der Waals surface area contributed by atoms with Crippen LogP contribution in [0.4, 0.5) is 0 Å². The molecular formula is C11H16BrNO. The van der Waals surface area contributed by atoms with Gasteiger partial charge < -0.3 is 10.0 Å². The lowest BCUT2D eigenvalue weighted by molar-refractivity contribution is 0.154. The summed E-state index contributed by atoms with van der Waals surface area (Å²) in [6.45, 7) is 0.897. The van der Waals surface area contributed by atoms with Crippen LogP contribution in [0, 0.1) is 0 Å². The van der Waals surface area contributed by atoms with Crippen LogP contribution in [0.2, 0.25) is 0 Å². The monoisotopic (exact) mass is 257 g/mol. The zero-order chi connectivity index (χ0) is 10.6. The topological polar surface area (TPSA) is 23.5 Å². The third kappa shape index (κ3) is 3.78. The Morgan fingerprint density at radius 2 is 2.14 bits per heavy atom. The van der Waals surface area contributed by atoms with Crippen molar-refractivity contribution in [2.45, 2.75) is 12.5 Å². The van der Waals surface area contributed by atoms with Gasteiger partial charge in [0.15, 0.2) is 0 Å². The molecule has 0 aromatic heterocycles. The second-order valence-electron chi connectivity index (χ2n) is 3.66. The normalized spacial score (nSPS) is 13.2. The van der Waals surface area contributed by atoms with Crippen LogP contribution >= 0.6 is 15.9 Å². The molecule has 14 heavy (non-hydrogen) atoms. The minimum Gasteiger partial charge on any atom is -0.388 e. The van der Waals surface area contributed by atoms with Crippen molar-refractivity contribution >= 4 is 15.9 Å². The van der Waals surface area contributed by atoms with Gasteiger partial charge in [0, 0.05) is 11.0 Å². The smallest absolute Gasteiger partial charge is 0.0802 e. The van der Waals surface area contributed by atoms with Crippen molar-refractivity contribution < 1.29 is 5.11 Å². The molecule has 1 N–H and O–H groups in total. The van der Waals surface area contributed by atoms with Gasteiger partial charge >= 0.3 is 0 Å². The second kappa shape index (κ2) is 5.49. The van der Waals surface area contributed by atoms with E-state index in [1.807, 2.05) is 38.4 Å². The molecule has 0 spiro atoms. The van der Waals surface area contributed by atoms with Crippen molar-refractivity contribution in [3.8, 4) is 0 Å². The number of aliphatic hydroxyl groups is 1. The van der Waals surface area contributed by atoms with E-state index >= 15 is 0 Å². The molecule has 1 atom stereocenters. The average molecular weight is 258 g/mol. The maximum absolute atomic E-state index is 9.85. The van der Waals surface area contributed by atoms with Crippen LogP contribution in [0.1, 0.15) is 18.1 Å². The summed E-state index contributed by atoms with van der Waals surface area (Å²) in [4.78, 5) is 2.07. The first-order chi connectivity index (χ1) is 6.59. The maximum Gasteiger partial charge on any atom is 0.0802 e. The van der Waals surface area contributed by atoms with E-state index in [1.165, 1.54) is 0 Å². The van der Waals surface area contributed by atoms with Crippen molar-refractivity contribution in [1.29, 1.82) is 0 Å². The summed E-state index contributed by atoms with van der Waals surface area (Å²) in [6, 6.07) is 7.81. The largest absolute Gasteiger partial charge is 0.388 e. The SMILES string of the molecule is CN(C)CCC(O)c1cccc(Br)c1. The highest BCUT2D eigenvalue weighted by Crippen LogP contribution is 2.20. The molecule has 0 amide bonds. The van der Waals surface area contributed by atoms with E-state index in [4.69, 9.17) is 0 Å². The fourth-order valence-electron chi connectivity index (χ4n) is 1.26. The Kier molecular flexibility index (Phi) is 4.58. The van der Waals surface area contributed by atoms with E-state index in [2.05, 4.69) is 20.8 Å². The molecule has 1 rings (SSSR count). The Labute approximate surface area is 93.7 Å². The van der Waals surface area contributed by atoms with E-state index in [0.29, 0.717) is 0 Å². The van der Waals surface area contributed by atoms with Gasteiger partial charge in [0.25, 0.3) is 0 Å². The summed E-state index contributed by atoms with van der Waals surface area (Å²) >= 11 is 3.39. The maximum atomic E-state index is 9.85. The molecule has 1 aromatic carbocycles. The number of hydrogen-bond donors (Lipinski definition) is 1. The summed E-state index contributed by atoms with van der Waals surface area (Å²) in [5.74, 6) is 0. The van der Waals surface area contributed by atoms with Crippen molar-refractivity contribution in [2.75, 3.05) is 20.6 Å². The lowest BCUT2D eigenvalue weighted by Gasteiger charge is -2.14. The van der Waals surface area contributed by atoms with E-state index in [-0.39, 0.29) is 6.10 Å². The van der Waals surface area contributed by atoms with Crippen LogP contribution in [-0.4, -0.2) is 30.6 Å². The Balaban J connectivity index is 2.56. The van der Waals surface area contributed by atoms with Gasteiger partial charge in [-0.2, -0.15) is 0 Å². The molecule has 0 aliphatic carbocycles. The van der Waals surface area contributed by atoms with Crippen LogP contribution in [0.15, 0.2) is 28.7 Å². The highest BCUT2D eigenvalue weighted by atomic mass is 79.9. The number of halogens is 1. The lowest BCUT2D eigenvalue weighted by Crippen LogP contribution is -2.15. The number of hydrogen-bond acceptors (Lipinski definition) is 2. The molecule has 78 valence electrons. The lowest BCUT2D eigenvalue weighted by atomic mass is 10.1. The van der Waals surface area contributed by atoms with Crippen LogP contribution in [-0.2, 0) is 0 Å². The first kappa shape index (κ1) is 11.7. The van der Waals surface area contributed by atoms with Gasteiger partial charge in [0.1, 0.15) is 0 Å². The van der Waals surface area contributed by atoms with Gasteiger partial charge in [-0.25, -0.2) is 0 Å². The molecule has 1 unspecified atom stereocenters.